The van der Waals surface area contributed by atoms with Gasteiger partial charge in [-0.05, 0) is 26.2 Å². The number of carbonyl (C=O) groups is 1. The normalized spacial score (nSPS) is 30.3. The molecule has 3 nitrogen and oxygen atoms in total. The molecular weight excluding hydrogens is 168 g/mol. The molecule has 0 aromatic rings. The van der Waals surface area contributed by atoms with Gasteiger partial charge in [-0.3, -0.25) is 0 Å². The number of ether oxygens (including phenoxy) is 2. The fourth-order valence-electron chi connectivity index (χ4n) is 1.81. The van der Waals surface area contributed by atoms with Crippen LogP contribution in [-0.4, -0.2) is 24.3 Å². The predicted molar refractivity (Wildman–Crippen MR) is 49.4 cm³/mol. The summed E-state index contributed by atoms with van der Waals surface area (Å²) in [7, 11) is 1.40. The average Bonchev–Trinajstić information content (AvgIpc) is 2.51. The van der Waals surface area contributed by atoms with Crippen molar-refractivity contribution in [3.63, 3.8) is 0 Å². The molecule has 1 rings (SSSR count). The van der Waals surface area contributed by atoms with Crippen molar-refractivity contribution in [1.29, 1.82) is 0 Å². The van der Waals surface area contributed by atoms with Gasteiger partial charge in [-0.25, -0.2) is 4.79 Å². The summed E-state index contributed by atoms with van der Waals surface area (Å²) in [6.07, 6.45) is 0.729. The van der Waals surface area contributed by atoms with Gasteiger partial charge in [0.25, 0.3) is 0 Å². The zero-order chi connectivity index (χ0) is 10.3. The fourth-order valence-corrected chi connectivity index (χ4v) is 1.81. The lowest BCUT2D eigenvalue weighted by Crippen LogP contribution is -2.33. The summed E-state index contributed by atoms with van der Waals surface area (Å²) in [5, 5.41) is 0. The van der Waals surface area contributed by atoms with Crippen molar-refractivity contribution < 1.29 is 14.3 Å². The number of rotatable bonds is 3. The van der Waals surface area contributed by atoms with Crippen molar-refractivity contribution in [1.82, 2.24) is 0 Å². The molecule has 0 aromatic heterocycles. The van der Waals surface area contributed by atoms with E-state index in [1.165, 1.54) is 7.11 Å². The van der Waals surface area contributed by atoms with Crippen LogP contribution < -0.4 is 0 Å². The second kappa shape index (κ2) is 2.98. The summed E-state index contributed by atoms with van der Waals surface area (Å²) in [6, 6.07) is 0. The Kier molecular flexibility index (Phi) is 2.41. The first-order valence-electron chi connectivity index (χ1n) is 4.64. The Bertz CT molecular complexity index is 220. The lowest BCUT2D eigenvalue weighted by Gasteiger charge is -2.14. The molecule has 0 spiro atoms. The molecule has 1 unspecified atom stereocenters. The van der Waals surface area contributed by atoms with E-state index in [0.29, 0.717) is 5.92 Å². The molecular formula is C10H18O3. The second-order valence-corrected chi connectivity index (χ2v) is 4.53. The highest BCUT2D eigenvalue weighted by atomic mass is 16.7. The molecule has 1 aliphatic rings. The van der Waals surface area contributed by atoms with Crippen LogP contribution in [0.3, 0.4) is 0 Å². The van der Waals surface area contributed by atoms with E-state index >= 15 is 0 Å². The maximum absolute atomic E-state index is 11.5. The van der Waals surface area contributed by atoms with Crippen LogP contribution in [0, 0.1) is 5.92 Å². The van der Waals surface area contributed by atoms with Crippen molar-refractivity contribution >= 4 is 5.97 Å². The van der Waals surface area contributed by atoms with E-state index in [9.17, 15) is 4.79 Å². The highest BCUT2D eigenvalue weighted by molar-refractivity contribution is 5.84. The fraction of sp³-hybridized carbons (Fsp3) is 0.900. The Morgan fingerprint density at radius 3 is 2.15 bits per heavy atom. The Balaban J connectivity index is 2.75. The third kappa shape index (κ3) is 1.57. The third-order valence-electron chi connectivity index (χ3n) is 2.57. The van der Waals surface area contributed by atoms with E-state index in [1.54, 1.807) is 0 Å². The third-order valence-corrected chi connectivity index (χ3v) is 2.57. The minimum atomic E-state index is -0.685. The summed E-state index contributed by atoms with van der Waals surface area (Å²) in [5.41, 5.74) is -1.04. The molecule has 0 aromatic carbocycles. The van der Waals surface area contributed by atoms with Gasteiger partial charge in [0.05, 0.1) is 7.11 Å². The number of methoxy groups -OCH3 is 1. The largest absolute Gasteiger partial charge is 0.467 e. The highest BCUT2D eigenvalue weighted by Crippen LogP contribution is 2.52. The van der Waals surface area contributed by atoms with E-state index in [-0.39, 0.29) is 11.6 Å². The van der Waals surface area contributed by atoms with Crippen LogP contribution in [0.4, 0.5) is 0 Å². The molecule has 3 heteroatoms. The molecule has 0 saturated carbocycles. The van der Waals surface area contributed by atoms with Crippen molar-refractivity contribution in [3.8, 4) is 0 Å². The standard InChI is InChI=1S/C10H18O3/c1-7(2)6-10(8(11)12-5)9(3,4)13-10/h7H,6H2,1-5H3. The van der Waals surface area contributed by atoms with Crippen LogP contribution in [0.2, 0.25) is 0 Å². The summed E-state index contributed by atoms with van der Waals surface area (Å²) in [6.45, 7) is 7.99. The predicted octanol–water partition coefficient (Wildman–Crippen LogP) is 1.75. The van der Waals surface area contributed by atoms with Gasteiger partial charge in [-0.1, -0.05) is 13.8 Å². The first-order chi connectivity index (χ1) is 5.85. The van der Waals surface area contributed by atoms with Gasteiger partial charge in [0.15, 0.2) is 5.60 Å². The Morgan fingerprint density at radius 1 is 1.46 bits per heavy atom. The number of hydrogen-bond donors (Lipinski definition) is 0. The van der Waals surface area contributed by atoms with Gasteiger partial charge >= 0.3 is 5.97 Å². The molecule has 0 radical (unpaired) electrons. The van der Waals surface area contributed by atoms with Gasteiger partial charge in [0.1, 0.15) is 5.60 Å². The van der Waals surface area contributed by atoms with Gasteiger partial charge in [-0.15, -0.1) is 0 Å². The van der Waals surface area contributed by atoms with Crippen LogP contribution in [-0.2, 0) is 14.3 Å². The van der Waals surface area contributed by atoms with E-state index in [4.69, 9.17) is 9.47 Å². The molecule has 76 valence electrons. The molecule has 0 aliphatic carbocycles. The van der Waals surface area contributed by atoms with Crippen molar-refractivity contribution in [2.75, 3.05) is 7.11 Å². The highest BCUT2D eigenvalue weighted by Gasteiger charge is 2.69. The van der Waals surface area contributed by atoms with Crippen molar-refractivity contribution in [3.05, 3.63) is 0 Å². The summed E-state index contributed by atoms with van der Waals surface area (Å²) in [4.78, 5) is 11.5. The zero-order valence-electron chi connectivity index (χ0n) is 9.01. The molecule has 0 amide bonds. The topological polar surface area (TPSA) is 38.8 Å². The molecule has 13 heavy (non-hydrogen) atoms. The number of esters is 1. The Hall–Kier alpha value is -0.570. The van der Waals surface area contributed by atoms with E-state index in [0.717, 1.165) is 6.42 Å². The van der Waals surface area contributed by atoms with E-state index < -0.39 is 5.60 Å². The van der Waals surface area contributed by atoms with Crippen LogP contribution in [0.1, 0.15) is 34.1 Å². The van der Waals surface area contributed by atoms with Gasteiger partial charge < -0.3 is 9.47 Å². The molecule has 1 saturated heterocycles. The molecule has 1 heterocycles. The molecule has 0 N–H and O–H groups in total. The molecule has 1 fully saturated rings. The van der Waals surface area contributed by atoms with Gasteiger partial charge in [-0.2, -0.15) is 0 Å². The molecule has 1 atom stereocenters. The van der Waals surface area contributed by atoms with Gasteiger partial charge in [0.2, 0.25) is 0 Å². The summed E-state index contributed by atoms with van der Waals surface area (Å²) >= 11 is 0. The van der Waals surface area contributed by atoms with Crippen LogP contribution >= 0.6 is 0 Å². The smallest absolute Gasteiger partial charge is 0.341 e. The van der Waals surface area contributed by atoms with Crippen LogP contribution in [0.5, 0.6) is 0 Å². The van der Waals surface area contributed by atoms with Crippen molar-refractivity contribution in [2.24, 2.45) is 5.92 Å². The number of epoxide rings is 1. The Morgan fingerprint density at radius 2 is 1.92 bits per heavy atom. The van der Waals surface area contributed by atoms with Crippen molar-refractivity contribution in [2.45, 2.75) is 45.3 Å². The second-order valence-electron chi connectivity index (χ2n) is 4.53. The summed E-state index contributed by atoms with van der Waals surface area (Å²) in [5.74, 6) is 0.187. The SMILES string of the molecule is COC(=O)C1(CC(C)C)OC1(C)C. The zero-order valence-corrected chi connectivity index (χ0v) is 9.01. The average molecular weight is 186 g/mol. The number of hydrogen-bond acceptors (Lipinski definition) is 3. The van der Waals surface area contributed by atoms with Crippen LogP contribution in [0.25, 0.3) is 0 Å². The minimum Gasteiger partial charge on any atom is -0.467 e. The lowest BCUT2D eigenvalue weighted by atomic mass is 9.88. The number of carbonyl (C=O) groups excluding carboxylic acids is 1. The Labute approximate surface area is 79.4 Å². The molecule has 1 aliphatic heterocycles. The van der Waals surface area contributed by atoms with Crippen LogP contribution in [0.15, 0.2) is 0 Å². The van der Waals surface area contributed by atoms with E-state index in [2.05, 4.69) is 13.8 Å². The van der Waals surface area contributed by atoms with Gasteiger partial charge in [0, 0.05) is 0 Å². The lowest BCUT2D eigenvalue weighted by molar-refractivity contribution is -0.147. The first kappa shape index (κ1) is 10.5. The minimum absolute atomic E-state index is 0.244. The molecule has 0 bridgehead atoms. The maximum Gasteiger partial charge on any atom is 0.341 e. The first-order valence-corrected chi connectivity index (χ1v) is 4.64. The monoisotopic (exact) mass is 186 g/mol. The quantitative estimate of drug-likeness (QED) is 0.498. The maximum atomic E-state index is 11.5. The van der Waals surface area contributed by atoms with E-state index in [1.807, 2.05) is 13.8 Å². The summed E-state index contributed by atoms with van der Waals surface area (Å²) < 4.78 is 10.2.